The first-order chi connectivity index (χ1) is 8.50. The highest BCUT2D eigenvalue weighted by atomic mass is 127. The van der Waals surface area contributed by atoms with Crippen LogP contribution in [0.25, 0.3) is 0 Å². The maximum absolute atomic E-state index is 10.5. The van der Waals surface area contributed by atoms with Gasteiger partial charge in [0.15, 0.2) is 0 Å². The molecule has 18 heavy (non-hydrogen) atoms. The number of aliphatic hydroxyl groups is 1. The minimum atomic E-state index is -0.622. The molecule has 1 nitrogen and oxygen atoms in total. The summed E-state index contributed by atoms with van der Waals surface area (Å²) in [5, 5.41) is 10.5. The van der Waals surface area contributed by atoms with E-state index in [0.717, 1.165) is 23.6 Å². The highest BCUT2D eigenvalue weighted by Crippen LogP contribution is 2.33. The largest absolute Gasteiger partial charge is 0.384 e. The van der Waals surface area contributed by atoms with Crippen LogP contribution in [0.2, 0.25) is 0 Å². The van der Waals surface area contributed by atoms with Crippen molar-refractivity contribution in [2.75, 3.05) is 0 Å². The zero-order chi connectivity index (χ0) is 13.3. The molecule has 94 valence electrons. The van der Waals surface area contributed by atoms with Gasteiger partial charge in [-0.05, 0) is 58.8 Å². The van der Waals surface area contributed by atoms with Gasteiger partial charge < -0.3 is 5.11 Å². The van der Waals surface area contributed by atoms with E-state index in [0.29, 0.717) is 0 Å². The lowest BCUT2D eigenvalue weighted by Crippen LogP contribution is -2.04. The molecule has 0 aliphatic rings. The lowest BCUT2D eigenvalue weighted by molar-refractivity contribution is 0.218. The first-order valence-electron chi connectivity index (χ1n) is 5.38. The summed E-state index contributed by atoms with van der Waals surface area (Å²) in [6, 6.07) is 11.8. The Bertz CT molecular complexity index is 582. The molecule has 0 heterocycles. The van der Waals surface area contributed by atoms with Gasteiger partial charge in [-0.2, -0.15) is 0 Å². The fourth-order valence-electron chi connectivity index (χ4n) is 1.77. The minimum absolute atomic E-state index is 0.622. The van der Waals surface area contributed by atoms with Crippen molar-refractivity contribution in [3.63, 3.8) is 0 Å². The van der Waals surface area contributed by atoms with Crippen molar-refractivity contribution < 1.29 is 5.11 Å². The molecule has 0 aliphatic heterocycles. The fraction of sp³-hybridized carbons (Fsp3) is 0.143. The SMILES string of the molecule is Cc1cccc(C(O)c2cc(Br)ccc2Br)c1I. The number of hydrogen-bond donors (Lipinski definition) is 1. The van der Waals surface area contributed by atoms with Gasteiger partial charge in [-0.1, -0.05) is 50.1 Å². The molecule has 1 unspecified atom stereocenters. The number of aryl methyl sites for hydroxylation is 1. The Balaban J connectivity index is 2.51. The van der Waals surface area contributed by atoms with Gasteiger partial charge in [0, 0.05) is 18.1 Å². The summed E-state index contributed by atoms with van der Waals surface area (Å²) in [5.74, 6) is 0. The number of rotatable bonds is 2. The average molecular weight is 482 g/mol. The minimum Gasteiger partial charge on any atom is -0.384 e. The lowest BCUT2D eigenvalue weighted by atomic mass is 10.0. The molecular weight excluding hydrogens is 471 g/mol. The van der Waals surface area contributed by atoms with E-state index in [-0.39, 0.29) is 0 Å². The molecule has 2 rings (SSSR count). The van der Waals surface area contributed by atoms with Crippen LogP contribution in [0.3, 0.4) is 0 Å². The highest BCUT2D eigenvalue weighted by Gasteiger charge is 2.17. The zero-order valence-electron chi connectivity index (χ0n) is 9.62. The monoisotopic (exact) mass is 480 g/mol. The predicted octanol–water partition coefficient (Wildman–Crippen LogP) is 5.21. The van der Waals surface area contributed by atoms with Crippen molar-refractivity contribution >= 4 is 54.5 Å². The van der Waals surface area contributed by atoms with E-state index in [4.69, 9.17) is 0 Å². The van der Waals surface area contributed by atoms with Crippen LogP contribution >= 0.6 is 54.5 Å². The smallest absolute Gasteiger partial charge is 0.106 e. The van der Waals surface area contributed by atoms with E-state index >= 15 is 0 Å². The van der Waals surface area contributed by atoms with Crippen LogP contribution in [0.15, 0.2) is 45.3 Å². The second-order valence-electron chi connectivity index (χ2n) is 4.05. The molecule has 0 aromatic heterocycles. The number of hydrogen-bond acceptors (Lipinski definition) is 1. The Labute approximate surface area is 137 Å². The summed E-state index contributed by atoms with van der Waals surface area (Å²) in [4.78, 5) is 0. The molecule has 2 aromatic carbocycles. The topological polar surface area (TPSA) is 20.2 Å². The van der Waals surface area contributed by atoms with Crippen molar-refractivity contribution in [2.45, 2.75) is 13.0 Å². The Hall–Kier alpha value is 0.0900. The molecule has 0 bridgehead atoms. The van der Waals surface area contributed by atoms with E-state index in [9.17, 15) is 5.11 Å². The summed E-state index contributed by atoms with van der Waals surface area (Å²) in [6.07, 6.45) is -0.622. The molecule has 4 heteroatoms. The third kappa shape index (κ3) is 2.98. The third-order valence-electron chi connectivity index (χ3n) is 2.77. The molecule has 1 N–H and O–H groups in total. The molecule has 0 amide bonds. The van der Waals surface area contributed by atoms with E-state index in [1.165, 1.54) is 5.56 Å². The van der Waals surface area contributed by atoms with Gasteiger partial charge in [-0.3, -0.25) is 0 Å². The Kier molecular flexibility index (Phi) is 4.86. The Morgan fingerprint density at radius 1 is 1.11 bits per heavy atom. The summed E-state index contributed by atoms with van der Waals surface area (Å²) >= 11 is 9.20. The van der Waals surface area contributed by atoms with Crippen molar-refractivity contribution in [2.24, 2.45) is 0 Å². The summed E-state index contributed by atoms with van der Waals surface area (Å²) in [7, 11) is 0. The average Bonchev–Trinajstić information content (AvgIpc) is 2.35. The summed E-state index contributed by atoms with van der Waals surface area (Å²) in [6.45, 7) is 2.05. The first-order valence-corrected chi connectivity index (χ1v) is 8.05. The third-order valence-corrected chi connectivity index (χ3v) is 5.46. The number of halogens is 3. The zero-order valence-corrected chi connectivity index (χ0v) is 15.0. The predicted molar refractivity (Wildman–Crippen MR) is 89.8 cm³/mol. The number of aliphatic hydroxyl groups excluding tert-OH is 1. The van der Waals surface area contributed by atoms with Gasteiger partial charge in [0.2, 0.25) is 0 Å². The fourth-order valence-corrected chi connectivity index (χ4v) is 3.27. The van der Waals surface area contributed by atoms with E-state index in [2.05, 4.69) is 54.5 Å². The Morgan fingerprint density at radius 3 is 2.56 bits per heavy atom. The quantitative estimate of drug-likeness (QED) is 0.584. The normalized spacial score (nSPS) is 12.5. The van der Waals surface area contributed by atoms with Gasteiger partial charge in [0.25, 0.3) is 0 Å². The van der Waals surface area contributed by atoms with Gasteiger partial charge >= 0.3 is 0 Å². The van der Waals surface area contributed by atoms with Gasteiger partial charge in [-0.15, -0.1) is 0 Å². The molecule has 0 saturated heterocycles. The van der Waals surface area contributed by atoms with Crippen molar-refractivity contribution in [1.29, 1.82) is 0 Å². The van der Waals surface area contributed by atoms with E-state index in [1.807, 2.05) is 43.3 Å². The lowest BCUT2D eigenvalue weighted by Gasteiger charge is -2.16. The van der Waals surface area contributed by atoms with Crippen LogP contribution in [-0.4, -0.2) is 5.11 Å². The van der Waals surface area contributed by atoms with Crippen LogP contribution in [0.5, 0.6) is 0 Å². The molecule has 1 atom stereocenters. The second-order valence-corrected chi connectivity index (χ2v) is 6.90. The van der Waals surface area contributed by atoms with Crippen LogP contribution in [-0.2, 0) is 0 Å². The molecule has 0 aliphatic carbocycles. The van der Waals surface area contributed by atoms with Crippen LogP contribution in [0, 0.1) is 10.5 Å². The maximum Gasteiger partial charge on any atom is 0.106 e. The number of benzene rings is 2. The van der Waals surface area contributed by atoms with Crippen molar-refractivity contribution in [3.8, 4) is 0 Å². The van der Waals surface area contributed by atoms with Crippen LogP contribution in [0.4, 0.5) is 0 Å². The Morgan fingerprint density at radius 2 is 1.83 bits per heavy atom. The van der Waals surface area contributed by atoms with Crippen molar-refractivity contribution in [1.82, 2.24) is 0 Å². The first kappa shape index (κ1) is 14.5. The standard InChI is InChI=1S/C14H11Br2IO/c1-8-3-2-4-10(13(8)17)14(18)11-7-9(15)5-6-12(11)16/h2-7,14,18H,1H3. The van der Waals surface area contributed by atoms with Crippen molar-refractivity contribution in [3.05, 3.63) is 65.6 Å². The van der Waals surface area contributed by atoms with Gasteiger partial charge in [-0.25, -0.2) is 0 Å². The van der Waals surface area contributed by atoms with Gasteiger partial charge in [0.1, 0.15) is 6.10 Å². The molecular formula is C14H11Br2IO. The van der Waals surface area contributed by atoms with E-state index < -0.39 is 6.10 Å². The molecule has 0 spiro atoms. The maximum atomic E-state index is 10.5. The summed E-state index contributed by atoms with van der Waals surface area (Å²) < 4.78 is 2.98. The molecule has 0 fully saturated rings. The van der Waals surface area contributed by atoms with E-state index in [1.54, 1.807) is 0 Å². The van der Waals surface area contributed by atoms with Gasteiger partial charge in [0.05, 0.1) is 0 Å². The second kappa shape index (κ2) is 6.03. The highest BCUT2D eigenvalue weighted by molar-refractivity contribution is 14.1. The summed E-state index contributed by atoms with van der Waals surface area (Å²) in [5.41, 5.74) is 2.99. The molecule has 0 saturated carbocycles. The molecule has 2 aromatic rings. The van der Waals surface area contributed by atoms with Crippen LogP contribution < -0.4 is 0 Å². The molecule has 0 radical (unpaired) electrons. The van der Waals surface area contributed by atoms with Crippen LogP contribution in [0.1, 0.15) is 22.8 Å².